The van der Waals surface area contributed by atoms with E-state index in [1.807, 2.05) is 30.3 Å². The van der Waals surface area contributed by atoms with Gasteiger partial charge in [-0.1, -0.05) is 30.3 Å². The van der Waals surface area contributed by atoms with Crippen LogP contribution in [0.25, 0.3) is 0 Å². The third-order valence-electron chi connectivity index (χ3n) is 4.42. The van der Waals surface area contributed by atoms with Gasteiger partial charge in [-0.25, -0.2) is 8.42 Å². The van der Waals surface area contributed by atoms with Gasteiger partial charge in [0.05, 0.1) is 18.2 Å². The Bertz CT molecular complexity index is 704. The molecule has 7 nitrogen and oxygen atoms in total. The molecule has 8 heteroatoms. The van der Waals surface area contributed by atoms with Gasteiger partial charge in [-0.15, -0.1) is 0 Å². The molecule has 0 saturated carbocycles. The molecule has 1 heterocycles. The molecule has 1 aromatic rings. The molecule has 1 aliphatic heterocycles. The van der Waals surface area contributed by atoms with Crippen molar-refractivity contribution in [1.82, 2.24) is 9.21 Å². The zero-order valence-corrected chi connectivity index (χ0v) is 14.6. The average Bonchev–Trinajstić information content (AvgIpc) is 3.01. The van der Waals surface area contributed by atoms with Crippen LogP contribution < -0.4 is 0 Å². The Morgan fingerprint density at radius 2 is 1.88 bits per heavy atom. The molecule has 1 aliphatic rings. The first kappa shape index (κ1) is 18.4. The summed E-state index contributed by atoms with van der Waals surface area (Å²) < 4.78 is 24.6. The molecule has 1 saturated heterocycles. The zero-order valence-electron chi connectivity index (χ0n) is 13.8. The fraction of sp³-hybridized carbons (Fsp3) is 0.500. The molecular weight excluding hydrogens is 332 g/mol. The summed E-state index contributed by atoms with van der Waals surface area (Å²) in [5.74, 6) is -2.39. The van der Waals surface area contributed by atoms with E-state index in [2.05, 4.69) is 0 Å². The minimum absolute atomic E-state index is 0.0822. The van der Waals surface area contributed by atoms with Gasteiger partial charge in [0.25, 0.3) is 0 Å². The number of hydrogen-bond donors (Lipinski definition) is 1. The fourth-order valence-electron chi connectivity index (χ4n) is 2.90. The number of likely N-dealkylation sites (N-methyl/N-ethyl adjacent to an activating group) is 1. The quantitative estimate of drug-likeness (QED) is 0.807. The minimum Gasteiger partial charge on any atom is -0.481 e. The van der Waals surface area contributed by atoms with E-state index < -0.39 is 21.9 Å². The van der Waals surface area contributed by atoms with Crippen LogP contribution in [0, 0.1) is 5.92 Å². The number of carbonyl (C=O) groups is 2. The van der Waals surface area contributed by atoms with E-state index in [9.17, 15) is 23.1 Å². The van der Waals surface area contributed by atoms with Crippen LogP contribution in [0.15, 0.2) is 30.3 Å². The van der Waals surface area contributed by atoms with Crippen molar-refractivity contribution in [3.63, 3.8) is 0 Å². The Kier molecular flexibility index (Phi) is 5.61. The summed E-state index contributed by atoms with van der Waals surface area (Å²) in [6.07, 6.45) is 0. The molecule has 132 valence electrons. The van der Waals surface area contributed by atoms with Gasteiger partial charge in [0.2, 0.25) is 15.9 Å². The summed E-state index contributed by atoms with van der Waals surface area (Å²) in [7, 11) is -2.09. The van der Waals surface area contributed by atoms with Crippen LogP contribution in [0.5, 0.6) is 0 Å². The van der Waals surface area contributed by atoms with Crippen molar-refractivity contribution in [3.8, 4) is 0 Å². The van der Waals surface area contributed by atoms with E-state index in [4.69, 9.17) is 0 Å². The topological polar surface area (TPSA) is 95.0 Å². The van der Waals surface area contributed by atoms with E-state index in [1.165, 1.54) is 18.9 Å². The smallest absolute Gasteiger partial charge is 0.308 e. The van der Waals surface area contributed by atoms with Crippen LogP contribution in [0.1, 0.15) is 18.4 Å². The van der Waals surface area contributed by atoms with E-state index in [0.717, 1.165) is 9.87 Å². The Labute approximate surface area is 141 Å². The van der Waals surface area contributed by atoms with Gasteiger partial charge in [0, 0.05) is 26.1 Å². The highest BCUT2D eigenvalue weighted by atomic mass is 32.2. The minimum atomic E-state index is -3.45. The fourth-order valence-corrected chi connectivity index (χ4v) is 3.65. The number of aliphatic carboxylic acids is 1. The zero-order chi connectivity index (χ0) is 17.9. The van der Waals surface area contributed by atoms with Crippen molar-refractivity contribution >= 4 is 21.9 Å². The van der Waals surface area contributed by atoms with Crippen molar-refractivity contribution in [1.29, 1.82) is 0 Å². The summed E-state index contributed by atoms with van der Waals surface area (Å²) in [5, 5.41) is 9.45. The van der Waals surface area contributed by atoms with Crippen LogP contribution >= 0.6 is 0 Å². The highest BCUT2D eigenvalue weighted by Crippen LogP contribution is 2.33. The lowest BCUT2D eigenvalue weighted by atomic mass is 9.89. The van der Waals surface area contributed by atoms with Crippen molar-refractivity contribution in [3.05, 3.63) is 35.9 Å². The lowest BCUT2D eigenvalue weighted by molar-refractivity contribution is -0.141. The number of carboxylic acid groups (broad SMARTS) is 1. The number of sulfonamides is 1. The maximum absolute atomic E-state index is 12.4. The number of likely N-dealkylation sites (tertiary alicyclic amines) is 1. The Morgan fingerprint density at radius 3 is 2.42 bits per heavy atom. The molecule has 0 unspecified atom stereocenters. The second-order valence-electron chi connectivity index (χ2n) is 5.92. The number of benzene rings is 1. The highest BCUT2D eigenvalue weighted by Gasteiger charge is 2.40. The van der Waals surface area contributed by atoms with Crippen LogP contribution in [0.4, 0.5) is 0 Å². The largest absolute Gasteiger partial charge is 0.481 e. The molecule has 1 aromatic carbocycles. The molecule has 24 heavy (non-hydrogen) atoms. The van der Waals surface area contributed by atoms with Gasteiger partial charge in [0.1, 0.15) is 0 Å². The van der Waals surface area contributed by atoms with E-state index >= 15 is 0 Å². The molecule has 0 aromatic heterocycles. The molecule has 0 bridgehead atoms. The van der Waals surface area contributed by atoms with Crippen molar-refractivity contribution < 1.29 is 23.1 Å². The van der Waals surface area contributed by atoms with Gasteiger partial charge in [-0.3, -0.25) is 9.59 Å². The Hall–Kier alpha value is -1.93. The normalized spacial score (nSPS) is 21.2. The third-order valence-corrected chi connectivity index (χ3v) is 6.22. The lowest BCUT2D eigenvalue weighted by Gasteiger charge is -2.21. The maximum atomic E-state index is 12.4. The molecule has 0 radical (unpaired) electrons. The highest BCUT2D eigenvalue weighted by molar-refractivity contribution is 7.89. The molecule has 1 fully saturated rings. The Morgan fingerprint density at radius 1 is 1.25 bits per heavy atom. The van der Waals surface area contributed by atoms with Gasteiger partial charge < -0.3 is 10.0 Å². The number of amides is 1. The summed E-state index contributed by atoms with van der Waals surface area (Å²) in [6, 6.07) is 9.22. The van der Waals surface area contributed by atoms with Crippen LogP contribution in [-0.2, 0) is 19.6 Å². The SMILES string of the molecule is CCS(=O)(=O)N(C)CC(=O)N1C[C@H](C(=O)O)[C@H](c2ccccc2)C1. The van der Waals surface area contributed by atoms with Crippen molar-refractivity contribution in [2.75, 3.05) is 32.4 Å². The second-order valence-corrected chi connectivity index (χ2v) is 8.28. The number of nitrogens with zero attached hydrogens (tertiary/aromatic N) is 2. The summed E-state index contributed by atoms with van der Waals surface area (Å²) in [4.78, 5) is 25.4. The standard InChI is InChI=1S/C16H22N2O5S/c1-3-24(22,23)17(2)11-15(19)18-9-13(14(10-18)16(20)21)12-7-5-4-6-8-12/h4-8,13-14H,3,9-11H2,1-2H3,(H,20,21)/t13-,14-/m0/s1. The maximum Gasteiger partial charge on any atom is 0.308 e. The molecule has 2 atom stereocenters. The third kappa shape index (κ3) is 3.93. The summed E-state index contributed by atoms with van der Waals surface area (Å²) in [6.45, 7) is 1.61. The molecule has 1 N–H and O–H groups in total. The monoisotopic (exact) mass is 354 g/mol. The molecule has 2 rings (SSSR count). The average molecular weight is 354 g/mol. The van der Waals surface area contributed by atoms with Crippen molar-refractivity contribution in [2.24, 2.45) is 5.92 Å². The number of carboxylic acids is 1. The van der Waals surface area contributed by atoms with Gasteiger partial charge in [0.15, 0.2) is 0 Å². The van der Waals surface area contributed by atoms with Crippen LogP contribution in [0.3, 0.4) is 0 Å². The summed E-state index contributed by atoms with van der Waals surface area (Å²) in [5.41, 5.74) is 0.870. The first-order valence-electron chi connectivity index (χ1n) is 7.75. The van der Waals surface area contributed by atoms with E-state index in [1.54, 1.807) is 0 Å². The first-order valence-corrected chi connectivity index (χ1v) is 9.36. The molecular formula is C16H22N2O5S. The summed E-state index contributed by atoms with van der Waals surface area (Å²) >= 11 is 0. The lowest BCUT2D eigenvalue weighted by Crippen LogP contribution is -2.41. The molecule has 0 spiro atoms. The van der Waals surface area contributed by atoms with Crippen LogP contribution in [0.2, 0.25) is 0 Å². The second kappa shape index (κ2) is 7.31. The van der Waals surface area contributed by atoms with E-state index in [0.29, 0.717) is 0 Å². The molecule has 0 aliphatic carbocycles. The predicted molar refractivity (Wildman–Crippen MR) is 89.0 cm³/mol. The molecule has 1 amide bonds. The predicted octanol–water partition coefficient (Wildman–Crippen LogP) is 0.595. The van der Waals surface area contributed by atoms with Gasteiger partial charge in [-0.05, 0) is 12.5 Å². The van der Waals surface area contributed by atoms with Gasteiger partial charge >= 0.3 is 5.97 Å². The number of carbonyl (C=O) groups excluding carboxylic acids is 1. The van der Waals surface area contributed by atoms with Gasteiger partial charge in [-0.2, -0.15) is 4.31 Å². The Balaban J connectivity index is 2.13. The van der Waals surface area contributed by atoms with Crippen LogP contribution in [-0.4, -0.2) is 67.0 Å². The number of hydrogen-bond acceptors (Lipinski definition) is 4. The van der Waals surface area contributed by atoms with Crippen molar-refractivity contribution in [2.45, 2.75) is 12.8 Å². The number of rotatable bonds is 6. The first-order chi connectivity index (χ1) is 11.3. The van der Waals surface area contributed by atoms with E-state index in [-0.39, 0.29) is 37.2 Å².